The monoisotopic (exact) mass is 338 g/mol. The predicted octanol–water partition coefficient (Wildman–Crippen LogP) is 3.46. The molecule has 2 aromatic carbocycles. The summed E-state index contributed by atoms with van der Waals surface area (Å²) in [6.07, 6.45) is 1.41. The molecule has 0 spiro atoms. The number of carbonyl (C=O) groups is 1. The molecule has 6 heteroatoms. The summed E-state index contributed by atoms with van der Waals surface area (Å²) in [5, 5.41) is 3.51. The summed E-state index contributed by atoms with van der Waals surface area (Å²) < 4.78 is 13.6. The molecular formula is C19H19FN4O. The van der Waals surface area contributed by atoms with Gasteiger partial charge in [0.15, 0.2) is 0 Å². The Hall–Kier alpha value is -3.02. The van der Waals surface area contributed by atoms with Crippen LogP contribution in [0.1, 0.15) is 11.1 Å². The van der Waals surface area contributed by atoms with E-state index in [4.69, 9.17) is 0 Å². The van der Waals surface area contributed by atoms with Crippen LogP contribution < -0.4 is 10.2 Å². The molecule has 128 valence electrons. The lowest BCUT2D eigenvalue weighted by Gasteiger charge is -2.20. The first kappa shape index (κ1) is 16.8. The average Bonchev–Trinajstić information content (AvgIpc) is 2.57. The van der Waals surface area contributed by atoms with Crippen molar-refractivity contribution in [3.63, 3.8) is 0 Å². The van der Waals surface area contributed by atoms with Gasteiger partial charge in [-0.1, -0.05) is 18.2 Å². The summed E-state index contributed by atoms with van der Waals surface area (Å²) in [5.41, 5.74) is 3.46. The molecule has 1 amide bonds. The van der Waals surface area contributed by atoms with Gasteiger partial charge in [-0.05, 0) is 43.2 Å². The number of carbonyl (C=O) groups excluding carboxylic acids is 1. The Balaban J connectivity index is 1.82. The van der Waals surface area contributed by atoms with E-state index in [9.17, 15) is 9.18 Å². The van der Waals surface area contributed by atoms with E-state index in [-0.39, 0.29) is 18.3 Å². The predicted molar refractivity (Wildman–Crippen MR) is 97.3 cm³/mol. The molecule has 1 heterocycles. The SMILES string of the molecule is Cc1cccc(C)c1NC(=O)CN(C)c1ncnc2ccc(F)cc12. The van der Waals surface area contributed by atoms with E-state index in [1.54, 1.807) is 18.0 Å². The fraction of sp³-hybridized carbons (Fsp3) is 0.211. The number of amides is 1. The molecule has 0 unspecified atom stereocenters. The van der Waals surface area contributed by atoms with Gasteiger partial charge >= 0.3 is 0 Å². The van der Waals surface area contributed by atoms with Crippen molar-refractivity contribution >= 4 is 28.3 Å². The summed E-state index contributed by atoms with van der Waals surface area (Å²) in [7, 11) is 1.75. The lowest BCUT2D eigenvalue weighted by atomic mass is 10.1. The summed E-state index contributed by atoms with van der Waals surface area (Å²) in [6.45, 7) is 4.00. The zero-order valence-electron chi connectivity index (χ0n) is 14.4. The summed E-state index contributed by atoms with van der Waals surface area (Å²) >= 11 is 0. The first-order valence-corrected chi connectivity index (χ1v) is 7.93. The largest absolute Gasteiger partial charge is 0.350 e. The Morgan fingerprint density at radius 1 is 1.16 bits per heavy atom. The third-order valence-electron chi connectivity index (χ3n) is 4.06. The van der Waals surface area contributed by atoms with Crippen LogP contribution in [0.15, 0.2) is 42.7 Å². The average molecular weight is 338 g/mol. The number of aryl methyl sites for hydroxylation is 2. The van der Waals surface area contributed by atoms with Crippen LogP contribution >= 0.6 is 0 Å². The number of hydrogen-bond acceptors (Lipinski definition) is 4. The molecule has 0 fully saturated rings. The normalized spacial score (nSPS) is 10.7. The van der Waals surface area contributed by atoms with Crippen LogP contribution in [0.3, 0.4) is 0 Å². The number of nitrogens with one attached hydrogen (secondary N) is 1. The first-order chi connectivity index (χ1) is 12.0. The van der Waals surface area contributed by atoms with Gasteiger partial charge < -0.3 is 10.2 Å². The standard InChI is InChI=1S/C19H19FN4O/c1-12-5-4-6-13(2)18(12)23-17(25)10-24(3)19-15-9-14(20)7-8-16(15)21-11-22-19/h4-9,11H,10H2,1-3H3,(H,23,25). The van der Waals surface area contributed by atoms with Crippen molar-refractivity contribution in [2.75, 3.05) is 23.8 Å². The van der Waals surface area contributed by atoms with Crippen LogP contribution in [0.5, 0.6) is 0 Å². The second-order valence-corrected chi connectivity index (χ2v) is 6.03. The maximum Gasteiger partial charge on any atom is 0.243 e. The summed E-state index contributed by atoms with van der Waals surface area (Å²) in [4.78, 5) is 22.5. The van der Waals surface area contributed by atoms with E-state index in [1.165, 1.54) is 18.5 Å². The van der Waals surface area contributed by atoms with Crippen molar-refractivity contribution < 1.29 is 9.18 Å². The molecule has 25 heavy (non-hydrogen) atoms. The lowest BCUT2D eigenvalue weighted by Crippen LogP contribution is -2.31. The minimum Gasteiger partial charge on any atom is -0.350 e. The minimum absolute atomic E-state index is 0.0937. The molecule has 0 saturated carbocycles. The second-order valence-electron chi connectivity index (χ2n) is 6.03. The number of benzene rings is 2. The molecule has 0 bridgehead atoms. The molecule has 5 nitrogen and oxygen atoms in total. The highest BCUT2D eigenvalue weighted by molar-refractivity contribution is 5.97. The number of hydrogen-bond donors (Lipinski definition) is 1. The van der Waals surface area contributed by atoms with Crippen LogP contribution in [-0.2, 0) is 4.79 Å². The number of likely N-dealkylation sites (N-methyl/N-ethyl adjacent to an activating group) is 1. The third-order valence-corrected chi connectivity index (χ3v) is 4.06. The number of halogens is 1. The van der Waals surface area contributed by atoms with Crippen molar-refractivity contribution in [3.05, 3.63) is 59.7 Å². The van der Waals surface area contributed by atoms with Crippen molar-refractivity contribution in [1.82, 2.24) is 9.97 Å². The zero-order valence-corrected chi connectivity index (χ0v) is 14.4. The van der Waals surface area contributed by atoms with Gasteiger partial charge in [-0.3, -0.25) is 4.79 Å². The fourth-order valence-electron chi connectivity index (χ4n) is 2.80. The van der Waals surface area contributed by atoms with Gasteiger partial charge in [-0.2, -0.15) is 0 Å². The minimum atomic E-state index is -0.364. The maximum atomic E-state index is 13.6. The van der Waals surface area contributed by atoms with Gasteiger partial charge in [0.25, 0.3) is 0 Å². The van der Waals surface area contributed by atoms with Crippen molar-refractivity contribution in [1.29, 1.82) is 0 Å². The third kappa shape index (κ3) is 3.57. The lowest BCUT2D eigenvalue weighted by molar-refractivity contribution is -0.114. The Morgan fingerprint density at radius 3 is 2.60 bits per heavy atom. The smallest absolute Gasteiger partial charge is 0.243 e. The molecule has 0 radical (unpaired) electrons. The number of fused-ring (bicyclic) bond motifs is 1. The topological polar surface area (TPSA) is 58.1 Å². The van der Waals surface area contributed by atoms with Crippen LogP contribution in [0.25, 0.3) is 10.9 Å². The number of rotatable bonds is 4. The van der Waals surface area contributed by atoms with Gasteiger partial charge in [0.05, 0.1) is 12.1 Å². The highest BCUT2D eigenvalue weighted by atomic mass is 19.1. The van der Waals surface area contributed by atoms with E-state index in [1.807, 2.05) is 32.0 Å². The molecule has 0 atom stereocenters. The maximum absolute atomic E-state index is 13.6. The molecule has 3 rings (SSSR count). The van der Waals surface area contributed by atoms with Crippen LogP contribution in [0.2, 0.25) is 0 Å². The van der Waals surface area contributed by atoms with Gasteiger partial charge in [0.2, 0.25) is 5.91 Å². The van der Waals surface area contributed by atoms with Crippen LogP contribution in [0, 0.1) is 19.7 Å². The molecule has 1 aromatic heterocycles. The number of nitrogens with zero attached hydrogens (tertiary/aromatic N) is 3. The second kappa shape index (κ2) is 6.84. The van der Waals surface area contributed by atoms with Crippen molar-refractivity contribution in [2.45, 2.75) is 13.8 Å². The van der Waals surface area contributed by atoms with Gasteiger partial charge in [0.1, 0.15) is 18.0 Å². The Bertz CT molecular complexity index is 922. The Morgan fingerprint density at radius 2 is 1.88 bits per heavy atom. The van der Waals surface area contributed by atoms with Crippen molar-refractivity contribution in [3.8, 4) is 0 Å². The highest BCUT2D eigenvalue weighted by Crippen LogP contribution is 2.23. The number of anilines is 2. The Labute approximate surface area is 145 Å². The molecule has 0 saturated heterocycles. The van der Waals surface area contributed by atoms with Gasteiger partial charge in [-0.15, -0.1) is 0 Å². The van der Waals surface area contributed by atoms with Gasteiger partial charge in [0, 0.05) is 18.1 Å². The van der Waals surface area contributed by atoms with E-state index in [2.05, 4.69) is 15.3 Å². The van der Waals surface area contributed by atoms with E-state index < -0.39 is 0 Å². The molecule has 1 N–H and O–H groups in total. The summed E-state index contributed by atoms with van der Waals surface area (Å²) in [6, 6.07) is 10.2. The van der Waals surface area contributed by atoms with Crippen LogP contribution in [0.4, 0.5) is 15.9 Å². The molecule has 0 aliphatic rings. The number of aromatic nitrogens is 2. The summed E-state index contributed by atoms with van der Waals surface area (Å²) in [5.74, 6) is -0.0128. The van der Waals surface area contributed by atoms with Crippen molar-refractivity contribution in [2.24, 2.45) is 0 Å². The van der Waals surface area contributed by atoms with E-state index in [0.717, 1.165) is 16.8 Å². The first-order valence-electron chi connectivity index (χ1n) is 7.93. The molecule has 0 aliphatic heterocycles. The molecule has 3 aromatic rings. The molecule has 0 aliphatic carbocycles. The number of para-hydroxylation sites is 1. The van der Waals surface area contributed by atoms with E-state index >= 15 is 0 Å². The fourth-order valence-corrected chi connectivity index (χ4v) is 2.80. The quantitative estimate of drug-likeness (QED) is 0.791. The Kier molecular flexibility index (Phi) is 4.61. The van der Waals surface area contributed by atoms with E-state index in [0.29, 0.717) is 16.7 Å². The molecular weight excluding hydrogens is 319 g/mol. The van der Waals surface area contributed by atoms with Crippen LogP contribution in [-0.4, -0.2) is 29.5 Å². The highest BCUT2D eigenvalue weighted by Gasteiger charge is 2.14. The zero-order chi connectivity index (χ0) is 18.0. The van der Waals surface area contributed by atoms with Gasteiger partial charge in [-0.25, -0.2) is 14.4 Å².